The molecule has 4 aromatic rings. The number of carbonyl (C=O) groups excluding carboxylic acids is 1. The first-order chi connectivity index (χ1) is 18.9. The maximum Gasteiger partial charge on any atom is 0.339 e. The van der Waals surface area contributed by atoms with Gasteiger partial charge in [-0.05, 0) is 41.1 Å². The van der Waals surface area contributed by atoms with Crippen LogP contribution >= 0.6 is 27.3 Å². The largest absolute Gasteiger partial charge is 0.472 e. The van der Waals surface area contributed by atoms with E-state index in [9.17, 15) is 10.1 Å². The third-order valence-electron chi connectivity index (χ3n) is 6.39. The lowest BCUT2D eigenvalue weighted by atomic mass is 10.0. The molecule has 39 heavy (non-hydrogen) atoms. The van der Waals surface area contributed by atoms with Crippen LogP contribution in [0, 0.1) is 25.2 Å². The van der Waals surface area contributed by atoms with E-state index in [0.717, 1.165) is 28.1 Å². The summed E-state index contributed by atoms with van der Waals surface area (Å²) in [5.41, 5.74) is 4.98. The van der Waals surface area contributed by atoms with Crippen molar-refractivity contribution in [2.45, 2.75) is 20.5 Å². The standard InChI is InChI=1S/C28H25BrN4O5S/c1-16-25(38-17(2)31-16)20-12-24(18-4-6-19(7-5-18)33-8-10-36-11-9-33)32-27(21(20)13-30)37-14-22-23(28(34)35-3)15-39-26(22)29/h4-7,12,15H,8-11,14H2,1-3H3. The van der Waals surface area contributed by atoms with E-state index in [1.807, 2.05) is 25.1 Å². The molecule has 0 N–H and O–H groups in total. The van der Waals surface area contributed by atoms with Gasteiger partial charge in [0.25, 0.3) is 0 Å². The number of nitriles is 1. The summed E-state index contributed by atoms with van der Waals surface area (Å²) in [6.45, 7) is 6.68. The Kier molecular flexibility index (Phi) is 7.97. The highest BCUT2D eigenvalue weighted by Crippen LogP contribution is 2.37. The molecule has 0 spiro atoms. The number of thiophene rings is 1. The number of hydrogen-bond acceptors (Lipinski definition) is 10. The van der Waals surface area contributed by atoms with Crippen LogP contribution in [0.3, 0.4) is 0 Å². The third kappa shape index (κ3) is 5.54. The van der Waals surface area contributed by atoms with Crippen molar-refractivity contribution in [1.29, 1.82) is 5.26 Å². The molecule has 1 saturated heterocycles. The fourth-order valence-electron chi connectivity index (χ4n) is 4.42. The minimum atomic E-state index is -0.466. The number of carbonyl (C=O) groups is 1. The maximum absolute atomic E-state index is 12.3. The normalized spacial score (nSPS) is 13.3. The van der Waals surface area contributed by atoms with E-state index in [-0.39, 0.29) is 18.1 Å². The number of anilines is 1. The third-order valence-corrected chi connectivity index (χ3v) is 8.23. The Balaban J connectivity index is 1.56. The number of pyridine rings is 1. The molecule has 0 unspecified atom stereocenters. The zero-order chi connectivity index (χ0) is 27.5. The van der Waals surface area contributed by atoms with Gasteiger partial charge in [-0.25, -0.2) is 14.8 Å². The molecule has 0 atom stereocenters. The van der Waals surface area contributed by atoms with Crippen LogP contribution in [0.25, 0.3) is 22.6 Å². The van der Waals surface area contributed by atoms with Crippen molar-refractivity contribution >= 4 is 38.9 Å². The van der Waals surface area contributed by atoms with E-state index in [4.69, 9.17) is 23.6 Å². The molecular formula is C28H25BrN4O5S. The number of benzene rings is 1. The van der Waals surface area contributed by atoms with E-state index in [2.05, 4.69) is 44.0 Å². The number of halogens is 1. The average Bonchev–Trinajstić information content (AvgIpc) is 3.51. The van der Waals surface area contributed by atoms with Crippen LogP contribution < -0.4 is 9.64 Å². The van der Waals surface area contributed by atoms with E-state index >= 15 is 0 Å². The molecule has 11 heteroatoms. The van der Waals surface area contributed by atoms with Crippen molar-refractivity contribution in [2.75, 3.05) is 38.3 Å². The fourth-order valence-corrected chi connectivity index (χ4v) is 5.80. The van der Waals surface area contributed by atoms with Gasteiger partial charge in [-0.15, -0.1) is 11.3 Å². The monoisotopic (exact) mass is 608 g/mol. The summed E-state index contributed by atoms with van der Waals surface area (Å²) >= 11 is 4.84. The van der Waals surface area contributed by atoms with Crippen molar-refractivity contribution in [1.82, 2.24) is 9.97 Å². The summed E-state index contributed by atoms with van der Waals surface area (Å²) in [7, 11) is 1.33. The molecular weight excluding hydrogens is 584 g/mol. The quantitative estimate of drug-likeness (QED) is 0.236. The van der Waals surface area contributed by atoms with Gasteiger partial charge in [0.2, 0.25) is 5.88 Å². The second-order valence-corrected chi connectivity index (χ2v) is 11.0. The van der Waals surface area contributed by atoms with Crippen molar-refractivity contribution in [3.05, 3.63) is 67.8 Å². The predicted molar refractivity (Wildman–Crippen MR) is 150 cm³/mol. The molecule has 5 rings (SSSR count). The molecule has 0 saturated carbocycles. The molecule has 0 amide bonds. The lowest BCUT2D eigenvalue weighted by molar-refractivity contribution is 0.0598. The Labute approximate surface area is 238 Å². The Morgan fingerprint density at radius 3 is 2.59 bits per heavy atom. The number of esters is 1. The summed E-state index contributed by atoms with van der Waals surface area (Å²) in [5, 5.41) is 11.9. The molecule has 1 aliphatic heterocycles. The van der Waals surface area contributed by atoms with Crippen LogP contribution in [0.15, 0.2) is 43.9 Å². The van der Waals surface area contributed by atoms with Crippen LogP contribution in [0.4, 0.5) is 5.69 Å². The zero-order valence-electron chi connectivity index (χ0n) is 21.6. The number of aromatic nitrogens is 2. The first-order valence-corrected chi connectivity index (χ1v) is 13.9. The van der Waals surface area contributed by atoms with Gasteiger partial charge in [0.05, 0.1) is 41.1 Å². The summed E-state index contributed by atoms with van der Waals surface area (Å²) in [5.74, 6) is 0.637. The van der Waals surface area contributed by atoms with Crippen LogP contribution in [0.5, 0.6) is 5.88 Å². The molecule has 1 fully saturated rings. The summed E-state index contributed by atoms with van der Waals surface area (Å²) in [4.78, 5) is 23.6. The molecule has 1 aromatic carbocycles. The highest BCUT2D eigenvalue weighted by atomic mass is 79.9. The molecule has 200 valence electrons. The number of methoxy groups -OCH3 is 1. The van der Waals surface area contributed by atoms with Crippen molar-refractivity contribution in [3.8, 4) is 34.5 Å². The number of aryl methyl sites for hydroxylation is 2. The number of hydrogen-bond donors (Lipinski definition) is 0. The number of rotatable bonds is 7. The number of oxazole rings is 1. The Hall–Kier alpha value is -3.72. The second-order valence-electron chi connectivity index (χ2n) is 8.82. The van der Waals surface area contributed by atoms with Crippen molar-refractivity contribution < 1.29 is 23.4 Å². The number of ether oxygens (including phenoxy) is 3. The smallest absolute Gasteiger partial charge is 0.339 e. The fraction of sp³-hybridized carbons (Fsp3) is 0.286. The molecule has 9 nitrogen and oxygen atoms in total. The SMILES string of the molecule is COC(=O)c1csc(Br)c1COc1nc(-c2ccc(N3CCOCC3)cc2)cc(-c2oc(C)nc2C)c1C#N. The van der Waals surface area contributed by atoms with E-state index in [1.165, 1.54) is 18.4 Å². The number of nitrogens with zero attached hydrogens (tertiary/aromatic N) is 4. The Morgan fingerprint density at radius 2 is 1.95 bits per heavy atom. The van der Waals surface area contributed by atoms with Gasteiger partial charge in [0.1, 0.15) is 18.2 Å². The van der Waals surface area contributed by atoms with Gasteiger partial charge in [0.15, 0.2) is 11.7 Å². The molecule has 0 bridgehead atoms. The van der Waals surface area contributed by atoms with Crippen molar-refractivity contribution in [3.63, 3.8) is 0 Å². The van der Waals surface area contributed by atoms with Gasteiger partial charge >= 0.3 is 5.97 Å². The maximum atomic E-state index is 12.3. The van der Waals surface area contributed by atoms with Gasteiger partial charge in [-0.2, -0.15) is 5.26 Å². The van der Waals surface area contributed by atoms with Gasteiger partial charge < -0.3 is 23.5 Å². The minimum absolute atomic E-state index is 0.00345. The second kappa shape index (κ2) is 11.6. The first kappa shape index (κ1) is 26.9. The summed E-state index contributed by atoms with van der Waals surface area (Å²) in [6, 6.07) is 12.1. The summed E-state index contributed by atoms with van der Waals surface area (Å²) < 4.78 is 23.1. The van der Waals surface area contributed by atoms with E-state index in [0.29, 0.717) is 52.9 Å². The summed E-state index contributed by atoms with van der Waals surface area (Å²) in [6.07, 6.45) is 0. The lowest BCUT2D eigenvalue weighted by Crippen LogP contribution is -2.36. The Morgan fingerprint density at radius 1 is 1.21 bits per heavy atom. The average molecular weight is 610 g/mol. The zero-order valence-corrected chi connectivity index (χ0v) is 24.0. The lowest BCUT2D eigenvalue weighted by Gasteiger charge is -2.28. The van der Waals surface area contributed by atoms with Gasteiger partial charge in [-0.3, -0.25) is 0 Å². The van der Waals surface area contributed by atoms with Crippen LogP contribution in [-0.2, 0) is 16.1 Å². The van der Waals surface area contributed by atoms with Crippen LogP contribution in [0.2, 0.25) is 0 Å². The van der Waals surface area contributed by atoms with Crippen LogP contribution in [-0.4, -0.2) is 49.4 Å². The molecule has 1 aliphatic rings. The van der Waals surface area contributed by atoms with E-state index in [1.54, 1.807) is 12.3 Å². The highest BCUT2D eigenvalue weighted by molar-refractivity contribution is 9.11. The van der Waals surface area contributed by atoms with E-state index < -0.39 is 5.97 Å². The number of morpholine rings is 1. The molecule has 4 heterocycles. The molecule has 0 aliphatic carbocycles. The van der Waals surface area contributed by atoms with Crippen LogP contribution in [0.1, 0.15) is 33.1 Å². The molecule has 0 radical (unpaired) electrons. The Bertz CT molecular complexity index is 1550. The minimum Gasteiger partial charge on any atom is -0.472 e. The van der Waals surface area contributed by atoms with Gasteiger partial charge in [0, 0.05) is 47.8 Å². The predicted octanol–water partition coefficient (Wildman–Crippen LogP) is 5.92. The first-order valence-electron chi connectivity index (χ1n) is 12.2. The highest BCUT2D eigenvalue weighted by Gasteiger charge is 2.23. The molecule has 3 aromatic heterocycles. The van der Waals surface area contributed by atoms with Crippen molar-refractivity contribution in [2.24, 2.45) is 0 Å². The van der Waals surface area contributed by atoms with Gasteiger partial charge in [-0.1, -0.05) is 12.1 Å². The topological polar surface area (TPSA) is 111 Å².